The van der Waals surface area contributed by atoms with Crippen LogP contribution in [0, 0.1) is 12.5 Å². The van der Waals surface area contributed by atoms with E-state index in [2.05, 4.69) is 72.3 Å². The summed E-state index contributed by atoms with van der Waals surface area (Å²) in [4.78, 5) is 15.5. The zero-order valence-corrected chi connectivity index (χ0v) is 22.5. The van der Waals surface area contributed by atoms with Gasteiger partial charge in [-0.25, -0.2) is 9.97 Å². The summed E-state index contributed by atoms with van der Waals surface area (Å²) in [6.45, 7) is 18.0. The minimum Gasteiger partial charge on any atom is -0.361 e. The molecule has 0 bridgehead atoms. The van der Waals surface area contributed by atoms with Gasteiger partial charge in [0.05, 0.1) is 17.9 Å². The van der Waals surface area contributed by atoms with Crippen molar-refractivity contribution < 1.29 is 4.74 Å². The summed E-state index contributed by atoms with van der Waals surface area (Å²) < 4.78 is 10.1. The lowest BCUT2D eigenvalue weighted by atomic mass is 9.73. The zero-order chi connectivity index (χ0) is 25.1. The molecule has 3 atom stereocenters. The Balaban J connectivity index is 1.32. The summed E-state index contributed by atoms with van der Waals surface area (Å²) in [5, 5.41) is 9.20. The molecule has 3 unspecified atom stereocenters. The zero-order valence-electron chi connectivity index (χ0n) is 21.5. The second kappa shape index (κ2) is 10.6. The summed E-state index contributed by atoms with van der Waals surface area (Å²) in [6, 6.07) is 3.99. The molecule has 0 aromatic carbocycles. The smallest absolute Gasteiger partial charge is 0.301 e. The van der Waals surface area contributed by atoms with E-state index < -0.39 is 8.07 Å². The molecule has 1 N–H and O–H groups in total. The van der Waals surface area contributed by atoms with E-state index in [1.54, 1.807) is 12.5 Å². The van der Waals surface area contributed by atoms with Gasteiger partial charge in [0.15, 0.2) is 0 Å². The molecule has 1 aliphatic heterocycles. The molecule has 3 aromatic rings. The third-order valence-electron chi connectivity index (χ3n) is 7.38. The van der Waals surface area contributed by atoms with Crippen molar-refractivity contribution >= 4 is 19.1 Å². The van der Waals surface area contributed by atoms with Crippen LogP contribution in [0.3, 0.4) is 0 Å². The van der Waals surface area contributed by atoms with Crippen molar-refractivity contribution in [1.82, 2.24) is 34.5 Å². The van der Waals surface area contributed by atoms with Crippen LogP contribution >= 0.6 is 0 Å². The highest BCUT2D eigenvalue weighted by Crippen LogP contribution is 2.43. The third-order valence-corrected chi connectivity index (χ3v) is 9.09. The van der Waals surface area contributed by atoms with E-state index in [4.69, 9.17) is 16.4 Å². The number of hydrogen-bond acceptors (Lipinski definition) is 6. The topological polar surface area (TPSA) is 77.4 Å². The average Bonchev–Trinajstić information content (AvgIpc) is 3.49. The molecule has 36 heavy (non-hydrogen) atoms. The minimum atomic E-state index is -1.11. The Morgan fingerprint density at radius 2 is 2.06 bits per heavy atom. The van der Waals surface area contributed by atoms with Crippen LogP contribution in [0.2, 0.25) is 25.7 Å². The van der Waals surface area contributed by atoms with Crippen molar-refractivity contribution in [2.75, 3.05) is 32.8 Å². The molecule has 2 fully saturated rings. The molecule has 9 nitrogen and oxygen atoms in total. The number of fused-ring (bicyclic) bond motifs is 1. The van der Waals surface area contributed by atoms with E-state index in [9.17, 15) is 0 Å². The molecular formula is C26H37N8OSi+. The highest BCUT2D eigenvalue weighted by molar-refractivity contribution is 6.76. The second-order valence-corrected chi connectivity index (χ2v) is 16.6. The third kappa shape index (κ3) is 5.29. The number of ether oxygens (including phenoxy) is 1. The van der Waals surface area contributed by atoms with Crippen LogP contribution in [0.1, 0.15) is 12.5 Å². The quantitative estimate of drug-likeness (QED) is 0.351. The highest BCUT2D eigenvalue weighted by atomic mass is 28.3. The summed E-state index contributed by atoms with van der Waals surface area (Å²) in [7, 11) is -1.11. The Kier molecular flexibility index (Phi) is 7.34. The Hall–Kier alpha value is -2.84. The number of hydrogen-bond donors (Lipinski definition) is 1. The van der Waals surface area contributed by atoms with Gasteiger partial charge in [-0.05, 0) is 23.4 Å². The van der Waals surface area contributed by atoms with Crippen LogP contribution in [0.5, 0.6) is 0 Å². The molecule has 1 saturated heterocycles. The van der Waals surface area contributed by atoms with Gasteiger partial charge in [-0.1, -0.05) is 19.6 Å². The van der Waals surface area contributed by atoms with Crippen molar-refractivity contribution in [3.05, 3.63) is 48.1 Å². The Labute approximate surface area is 214 Å². The number of piperazine rings is 1. The lowest BCUT2D eigenvalue weighted by Crippen LogP contribution is -2.57. The average molecular weight is 506 g/mol. The molecule has 4 heterocycles. The van der Waals surface area contributed by atoms with E-state index in [-0.39, 0.29) is 6.04 Å². The molecular weight excluding hydrogens is 468 g/mol. The summed E-state index contributed by atoms with van der Waals surface area (Å²) in [5.41, 5.74) is 2.78. The lowest BCUT2D eigenvalue weighted by Gasteiger charge is -2.49. The second-order valence-electron chi connectivity index (χ2n) is 11.0. The summed E-state index contributed by atoms with van der Waals surface area (Å²) >= 11 is 0. The van der Waals surface area contributed by atoms with Crippen molar-refractivity contribution in [3.8, 4) is 17.8 Å². The fourth-order valence-corrected chi connectivity index (χ4v) is 6.00. The molecule has 0 spiro atoms. The maximum Gasteiger partial charge on any atom is 0.301 e. The van der Waals surface area contributed by atoms with Crippen molar-refractivity contribution in [2.45, 2.75) is 50.9 Å². The van der Waals surface area contributed by atoms with Gasteiger partial charge in [-0.2, -0.15) is 5.10 Å². The van der Waals surface area contributed by atoms with E-state index >= 15 is 0 Å². The first-order valence-corrected chi connectivity index (χ1v) is 16.6. The first-order valence-electron chi connectivity index (χ1n) is 12.9. The number of rotatable bonds is 9. The first-order chi connectivity index (χ1) is 17.4. The standard InChI is InChI=1S/C26H37N8OSi/c1-27-7-5-21-23(32-11-8-28-9-12-32)15-24(21)34-17-20(16-31-34)25-22-6-10-33(26(22)30-18-29-25)19-35-13-14-36(2,3)4/h1,5-7,10,16-18,21,23-24,28H,8-9,11-15,19H2,2-4H3/q+1. The molecule has 1 saturated carbocycles. The Morgan fingerprint density at radius 1 is 1.22 bits per heavy atom. The van der Waals surface area contributed by atoms with Gasteiger partial charge in [-0.15, -0.1) is 0 Å². The normalized spacial score (nSPS) is 23.2. The van der Waals surface area contributed by atoms with Crippen LogP contribution in [0.25, 0.3) is 27.1 Å². The SMILES string of the molecule is C#[N+]C=CC1C(N2CCNCC2)CC1n1cc(-c2ncnc3c2ccn3COCC[Si](C)(C)C)cn1. The molecule has 5 rings (SSSR count). The molecule has 1 aliphatic carbocycles. The van der Waals surface area contributed by atoms with E-state index in [1.807, 2.05) is 12.4 Å². The van der Waals surface area contributed by atoms with E-state index in [1.165, 1.54) is 0 Å². The van der Waals surface area contributed by atoms with Gasteiger partial charge in [0.25, 0.3) is 6.57 Å². The van der Waals surface area contributed by atoms with Crippen LogP contribution in [0.4, 0.5) is 0 Å². The fraction of sp³-hybridized carbons (Fsp3) is 0.538. The van der Waals surface area contributed by atoms with Crippen LogP contribution < -0.4 is 5.32 Å². The van der Waals surface area contributed by atoms with Crippen molar-refractivity contribution in [2.24, 2.45) is 5.92 Å². The maximum atomic E-state index is 5.96. The van der Waals surface area contributed by atoms with Gasteiger partial charge in [-0.3, -0.25) is 9.58 Å². The fourth-order valence-electron chi connectivity index (χ4n) is 5.24. The molecule has 2 aliphatic rings. The van der Waals surface area contributed by atoms with Gasteiger partial charge >= 0.3 is 6.20 Å². The minimum absolute atomic E-state index is 0.276. The first kappa shape index (κ1) is 24.8. The van der Waals surface area contributed by atoms with E-state index in [0.717, 1.165) is 67.5 Å². The highest BCUT2D eigenvalue weighted by Gasteiger charge is 2.45. The molecule has 0 amide bonds. The van der Waals surface area contributed by atoms with Crippen molar-refractivity contribution in [3.63, 3.8) is 0 Å². The number of nitrogens with one attached hydrogen (secondary N) is 1. The molecule has 10 heteroatoms. The molecule has 0 radical (unpaired) electrons. The Morgan fingerprint density at radius 3 is 2.83 bits per heavy atom. The summed E-state index contributed by atoms with van der Waals surface area (Å²) in [5.74, 6) is 0.322. The van der Waals surface area contributed by atoms with Crippen LogP contribution in [-0.2, 0) is 11.5 Å². The number of aromatic nitrogens is 5. The molecule has 190 valence electrons. The largest absolute Gasteiger partial charge is 0.361 e. The molecule has 3 aromatic heterocycles. The number of nitrogens with zero attached hydrogens (tertiary/aromatic N) is 7. The van der Waals surface area contributed by atoms with Gasteiger partial charge in [0, 0.05) is 82.2 Å². The maximum absolute atomic E-state index is 5.96. The summed E-state index contributed by atoms with van der Waals surface area (Å²) in [6.07, 6.45) is 12.6. The predicted molar refractivity (Wildman–Crippen MR) is 146 cm³/mol. The van der Waals surface area contributed by atoms with Crippen LogP contribution in [-0.4, -0.2) is 76.1 Å². The van der Waals surface area contributed by atoms with Gasteiger partial charge in [0.2, 0.25) is 0 Å². The Bertz CT molecular complexity index is 1250. The van der Waals surface area contributed by atoms with Gasteiger partial charge < -0.3 is 14.6 Å². The predicted octanol–water partition coefficient (Wildman–Crippen LogP) is 3.92. The van der Waals surface area contributed by atoms with E-state index in [0.29, 0.717) is 18.7 Å². The van der Waals surface area contributed by atoms with Crippen molar-refractivity contribution in [1.29, 1.82) is 0 Å². The van der Waals surface area contributed by atoms with Crippen LogP contribution in [0.15, 0.2) is 43.3 Å². The monoisotopic (exact) mass is 505 g/mol. The van der Waals surface area contributed by atoms with Gasteiger partial charge in [0.1, 0.15) is 18.7 Å². The lowest BCUT2D eigenvalue weighted by molar-refractivity contribution is 0.0238.